The van der Waals surface area contributed by atoms with Gasteiger partial charge in [-0.05, 0) is 25.2 Å². The maximum Gasteiger partial charge on any atom is 0.162 e. The average Bonchev–Trinajstić information content (AvgIpc) is 3.27. The molecule has 0 spiro atoms. The van der Waals surface area contributed by atoms with Crippen molar-refractivity contribution in [2.75, 3.05) is 33.0 Å². The second-order valence-electron chi connectivity index (χ2n) is 6.57. The van der Waals surface area contributed by atoms with Crippen molar-refractivity contribution in [1.29, 1.82) is 0 Å². The standard InChI is InChI=1S/C9H16O3.C6H10O3/c10-9(11)3-1-7(2-4-9)5-8-6-12-8;1(5-3-8-5)7-2-6-4-9-6/h7-8,10-11H,1-6H2;5-6H,1-4H2. The van der Waals surface area contributed by atoms with Crippen molar-refractivity contribution >= 4 is 0 Å². The molecule has 4 aliphatic rings. The third kappa shape index (κ3) is 6.59. The molecule has 3 heterocycles. The van der Waals surface area contributed by atoms with Gasteiger partial charge < -0.3 is 29.2 Å². The van der Waals surface area contributed by atoms with E-state index in [9.17, 15) is 10.2 Å². The molecule has 6 heteroatoms. The summed E-state index contributed by atoms with van der Waals surface area (Å²) in [6.07, 6.45) is 5.33. The fourth-order valence-corrected chi connectivity index (χ4v) is 2.61. The molecule has 4 fully saturated rings. The van der Waals surface area contributed by atoms with E-state index in [2.05, 4.69) is 0 Å². The van der Waals surface area contributed by atoms with Gasteiger partial charge in [-0.1, -0.05) is 0 Å². The van der Waals surface area contributed by atoms with Gasteiger partial charge in [0.1, 0.15) is 12.2 Å². The third-order valence-electron chi connectivity index (χ3n) is 4.32. The van der Waals surface area contributed by atoms with Crippen molar-refractivity contribution in [3.05, 3.63) is 0 Å². The first-order valence-electron chi connectivity index (χ1n) is 7.98. The molecule has 0 aromatic rings. The second-order valence-corrected chi connectivity index (χ2v) is 6.57. The third-order valence-corrected chi connectivity index (χ3v) is 4.32. The van der Waals surface area contributed by atoms with Gasteiger partial charge in [-0.3, -0.25) is 0 Å². The number of aliphatic hydroxyl groups is 2. The summed E-state index contributed by atoms with van der Waals surface area (Å²) in [4.78, 5) is 0. The fourth-order valence-electron chi connectivity index (χ4n) is 2.61. The Balaban J connectivity index is 0.000000131. The highest BCUT2D eigenvalue weighted by atomic mass is 16.6. The Hall–Kier alpha value is -0.240. The summed E-state index contributed by atoms with van der Waals surface area (Å²) >= 11 is 0. The molecule has 4 rings (SSSR count). The van der Waals surface area contributed by atoms with E-state index in [4.69, 9.17) is 18.9 Å². The van der Waals surface area contributed by atoms with Crippen molar-refractivity contribution in [2.24, 2.45) is 5.92 Å². The Kier molecular flexibility index (Phi) is 5.14. The number of hydrogen-bond acceptors (Lipinski definition) is 6. The molecule has 3 unspecified atom stereocenters. The van der Waals surface area contributed by atoms with E-state index >= 15 is 0 Å². The molecule has 6 nitrogen and oxygen atoms in total. The second kappa shape index (κ2) is 6.89. The highest BCUT2D eigenvalue weighted by Crippen LogP contribution is 2.34. The number of ether oxygens (including phenoxy) is 4. The van der Waals surface area contributed by atoms with Crippen molar-refractivity contribution in [1.82, 2.24) is 0 Å². The lowest BCUT2D eigenvalue weighted by Gasteiger charge is -2.31. The SMILES string of the molecule is C(OCC1CO1)C1CO1.OC1(O)CCC(CC2CO2)CC1. The van der Waals surface area contributed by atoms with Gasteiger partial charge in [-0.15, -0.1) is 0 Å². The molecule has 0 aromatic carbocycles. The van der Waals surface area contributed by atoms with Crippen LogP contribution < -0.4 is 0 Å². The minimum atomic E-state index is -1.37. The van der Waals surface area contributed by atoms with E-state index in [1.54, 1.807) is 0 Å². The Bertz CT molecular complexity index is 300. The predicted octanol–water partition coefficient (Wildman–Crippen LogP) is 0.447. The average molecular weight is 302 g/mol. The van der Waals surface area contributed by atoms with Gasteiger partial charge in [0.05, 0.1) is 39.1 Å². The van der Waals surface area contributed by atoms with Crippen molar-refractivity contribution in [3.8, 4) is 0 Å². The van der Waals surface area contributed by atoms with Crippen molar-refractivity contribution < 1.29 is 29.2 Å². The predicted molar refractivity (Wildman–Crippen MR) is 73.8 cm³/mol. The van der Waals surface area contributed by atoms with E-state index in [1.165, 1.54) is 0 Å². The summed E-state index contributed by atoms with van der Waals surface area (Å²) in [6, 6.07) is 0. The number of rotatable bonds is 6. The maximum absolute atomic E-state index is 9.27. The van der Waals surface area contributed by atoms with Gasteiger partial charge >= 0.3 is 0 Å². The van der Waals surface area contributed by atoms with Crippen molar-refractivity contribution in [3.63, 3.8) is 0 Å². The molecule has 0 amide bonds. The molecule has 0 bridgehead atoms. The van der Waals surface area contributed by atoms with E-state index in [1.807, 2.05) is 0 Å². The summed E-state index contributed by atoms with van der Waals surface area (Å²) in [7, 11) is 0. The van der Waals surface area contributed by atoms with Gasteiger partial charge in [-0.25, -0.2) is 0 Å². The van der Waals surface area contributed by atoms with Crippen LogP contribution >= 0.6 is 0 Å². The van der Waals surface area contributed by atoms with Crippen LogP contribution in [0, 0.1) is 5.92 Å². The Labute approximate surface area is 125 Å². The Morgan fingerprint density at radius 2 is 1.33 bits per heavy atom. The Morgan fingerprint density at radius 3 is 1.76 bits per heavy atom. The molecule has 21 heavy (non-hydrogen) atoms. The van der Waals surface area contributed by atoms with Gasteiger partial charge in [0, 0.05) is 12.8 Å². The molecular weight excluding hydrogens is 276 g/mol. The summed E-state index contributed by atoms with van der Waals surface area (Å²) in [5.74, 6) is -0.717. The molecule has 122 valence electrons. The first-order valence-corrected chi connectivity index (χ1v) is 7.98. The first kappa shape index (κ1) is 15.6. The maximum atomic E-state index is 9.27. The largest absolute Gasteiger partial charge is 0.376 e. The Morgan fingerprint density at radius 1 is 0.857 bits per heavy atom. The molecule has 3 atom stereocenters. The zero-order chi connectivity index (χ0) is 14.7. The highest BCUT2D eigenvalue weighted by molar-refractivity contribution is 4.81. The van der Waals surface area contributed by atoms with Crippen LogP contribution in [0.4, 0.5) is 0 Å². The lowest BCUT2D eigenvalue weighted by atomic mass is 9.83. The first-order chi connectivity index (χ1) is 10.1. The molecule has 1 aliphatic carbocycles. The summed E-state index contributed by atoms with van der Waals surface area (Å²) in [5, 5.41) is 18.5. The lowest BCUT2D eigenvalue weighted by Crippen LogP contribution is -2.33. The van der Waals surface area contributed by atoms with E-state index in [0.717, 1.165) is 52.3 Å². The minimum absolute atomic E-state index is 0.392. The molecule has 0 aromatic heterocycles. The van der Waals surface area contributed by atoms with Crippen LogP contribution in [0.1, 0.15) is 32.1 Å². The summed E-state index contributed by atoms with van der Waals surface area (Å²) < 4.78 is 20.3. The molecular formula is C15H26O6. The topological polar surface area (TPSA) is 87.3 Å². The van der Waals surface area contributed by atoms with Gasteiger partial charge in [-0.2, -0.15) is 0 Å². The molecule has 3 saturated heterocycles. The van der Waals surface area contributed by atoms with Crippen LogP contribution in [0.15, 0.2) is 0 Å². The van der Waals surface area contributed by atoms with Crippen LogP contribution in [-0.4, -0.2) is 67.3 Å². The smallest absolute Gasteiger partial charge is 0.162 e. The quantitative estimate of drug-likeness (QED) is 0.547. The van der Waals surface area contributed by atoms with Gasteiger partial charge in [0.15, 0.2) is 5.79 Å². The van der Waals surface area contributed by atoms with E-state index in [-0.39, 0.29) is 0 Å². The lowest BCUT2D eigenvalue weighted by molar-refractivity contribution is -0.186. The number of hydrogen-bond donors (Lipinski definition) is 2. The zero-order valence-electron chi connectivity index (χ0n) is 12.4. The number of epoxide rings is 3. The van der Waals surface area contributed by atoms with E-state index in [0.29, 0.717) is 37.1 Å². The molecule has 3 aliphatic heterocycles. The van der Waals surface area contributed by atoms with Gasteiger partial charge in [0.25, 0.3) is 0 Å². The fraction of sp³-hybridized carbons (Fsp3) is 1.00. The molecule has 0 radical (unpaired) electrons. The van der Waals surface area contributed by atoms with Crippen LogP contribution in [-0.2, 0) is 18.9 Å². The van der Waals surface area contributed by atoms with Crippen molar-refractivity contribution in [2.45, 2.75) is 56.2 Å². The zero-order valence-corrected chi connectivity index (χ0v) is 12.4. The van der Waals surface area contributed by atoms with Crippen LogP contribution in [0.2, 0.25) is 0 Å². The summed E-state index contributed by atoms with van der Waals surface area (Å²) in [6.45, 7) is 4.18. The summed E-state index contributed by atoms with van der Waals surface area (Å²) in [5.41, 5.74) is 0. The van der Waals surface area contributed by atoms with Crippen LogP contribution in [0.3, 0.4) is 0 Å². The van der Waals surface area contributed by atoms with Crippen LogP contribution in [0.25, 0.3) is 0 Å². The highest BCUT2D eigenvalue weighted by Gasteiger charge is 2.34. The molecule has 1 saturated carbocycles. The normalized spacial score (nSPS) is 36.6. The van der Waals surface area contributed by atoms with E-state index < -0.39 is 5.79 Å². The van der Waals surface area contributed by atoms with Gasteiger partial charge in [0.2, 0.25) is 0 Å². The minimum Gasteiger partial charge on any atom is -0.376 e. The van der Waals surface area contributed by atoms with Crippen LogP contribution in [0.5, 0.6) is 0 Å². The molecule has 2 N–H and O–H groups in total. The monoisotopic (exact) mass is 302 g/mol.